The number of likely N-dealkylation sites (tertiary alicyclic amines) is 1. The number of benzene rings is 1. The molecule has 0 N–H and O–H groups in total. The van der Waals surface area contributed by atoms with Gasteiger partial charge < -0.3 is 0 Å². The zero-order valence-electron chi connectivity index (χ0n) is 13.7. The average Bonchev–Trinajstić information content (AvgIpc) is 3.09. The van der Waals surface area contributed by atoms with E-state index in [2.05, 4.69) is 4.90 Å². The largest absolute Gasteiger partial charge is 0.291 e. The number of nitrogens with zero attached hydrogens (tertiary/aromatic N) is 2. The Kier molecular flexibility index (Phi) is 3.72. The molecule has 0 aromatic heterocycles. The number of amides is 2. The van der Waals surface area contributed by atoms with Crippen molar-refractivity contribution in [3.63, 3.8) is 0 Å². The molecule has 4 heteroatoms. The van der Waals surface area contributed by atoms with Crippen molar-refractivity contribution in [3.8, 4) is 0 Å². The normalized spacial score (nSPS) is 31.7. The SMILES string of the molecule is Cc1ccc(N2C(=O)C[C@H](N3C[C@H]4CCCC[C@@H]4C3)C2=O)cc1. The van der Waals surface area contributed by atoms with Crippen molar-refractivity contribution in [1.29, 1.82) is 0 Å². The lowest BCUT2D eigenvalue weighted by Gasteiger charge is -2.23. The van der Waals surface area contributed by atoms with Crippen LogP contribution in [0.1, 0.15) is 37.7 Å². The Balaban J connectivity index is 1.52. The maximum atomic E-state index is 12.9. The molecule has 1 saturated carbocycles. The van der Waals surface area contributed by atoms with Crippen LogP contribution in [-0.4, -0.2) is 35.8 Å². The van der Waals surface area contributed by atoms with Gasteiger partial charge in [-0.15, -0.1) is 0 Å². The van der Waals surface area contributed by atoms with Crippen LogP contribution in [0.2, 0.25) is 0 Å². The summed E-state index contributed by atoms with van der Waals surface area (Å²) < 4.78 is 0. The lowest BCUT2D eigenvalue weighted by molar-refractivity contribution is -0.122. The first-order chi connectivity index (χ1) is 11.1. The van der Waals surface area contributed by atoms with Crippen LogP contribution in [0.25, 0.3) is 0 Å². The van der Waals surface area contributed by atoms with E-state index in [4.69, 9.17) is 0 Å². The highest BCUT2D eigenvalue weighted by Gasteiger charge is 2.46. The Hall–Kier alpha value is -1.68. The molecule has 2 amide bonds. The topological polar surface area (TPSA) is 40.6 Å². The molecule has 0 unspecified atom stereocenters. The van der Waals surface area contributed by atoms with Gasteiger partial charge in [-0.2, -0.15) is 0 Å². The number of hydrogen-bond donors (Lipinski definition) is 0. The fraction of sp³-hybridized carbons (Fsp3) is 0.579. The van der Waals surface area contributed by atoms with E-state index in [9.17, 15) is 9.59 Å². The molecular weight excluding hydrogens is 288 g/mol. The molecular formula is C19H24N2O2. The van der Waals surface area contributed by atoms with E-state index in [-0.39, 0.29) is 17.9 Å². The van der Waals surface area contributed by atoms with E-state index in [0.29, 0.717) is 12.1 Å². The Labute approximate surface area is 137 Å². The molecule has 0 radical (unpaired) electrons. The van der Waals surface area contributed by atoms with Crippen molar-refractivity contribution < 1.29 is 9.59 Å². The van der Waals surface area contributed by atoms with Gasteiger partial charge in [0, 0.05) is 13.1 Å². The lowest BCUT2D eigenvalue weighted by atomic mass is 9.82. The number of carbonyl (C=O) groups excluding carboxylic acids is 2. The third-order valence-corrected chi connectivity index (χ3v) is 5.86. The van der Waals surface area contributed by atoms with E-state index in [1.807, 2.05) is 31.2 Å². The monoisotopic (exact) mass is 312 g/mol. The number of anilines is 1. The first-order valence-corrected chi connectivity index (χ1v) is 8.81. The van der Waals surface area contributed by atoms with E-state index < -0.39 is 0 Å². The minimum Gasteiger partial charge on any atom is -0.291 e. The second kappa shape index (κ2) is 5.75. The first kappa shape index (κ1) is 14.9. The van der Waals surface area contributed by atoms with E-state index in [0.717, 1.165) is 30.5 Å². The lowest BCUT2D eigenvalue weighted by Crippen LogP contribution is -2.41. The molecule has 122 valence electrons. The van der Waals surface area contributed by atoms with Crippen LogP contribution in [0.15, 0.2) is 24.3 Å². The predicted octanol–water partition coefficient (Wildman–Crippen LogP) is 2.75. The van der Waals surface area contributed by atoms with Crippen molar-refractivity contribution in [2.24, 2.45) is 11.8 Å². The van der Waals surface area contributed by atoms with Gasteiger partial charge in [0.15, 0.2) is 0 Å². The molecule has 1 aromatic carbocycles. The Bertz CT molecular complexity index is 611. The van der Waals surface area contributed by atoms with Crippen molar-refractivity contribution in [2.75, 3.05) is 18.0 Å². The van der Waals surface area contributed by atoms with Gasteiger partial charge in [-0.1, -0.05) is 30.5 Å². The maximum Gasteiger partial charge on any atom is 0.251 e. The van der Waals surface area contributed by atoms with Crippen LogP contribution < -0.4 is 4.90 Å². The summed E-state index contributed by atoms with van der Waals surface area (Å²) in [5.41, 5.74) is 1.85. The molecule has 0 bridgehead atoms. The zero-order valence-corrected chi connectivity index (χ0v) is 13.7. The molecule has 2 saturated heterocycles. The van der Waals surface area contributed by atoms with Crippen LogP contribution in [0.5, 0.6) is 0 Å². The fourth-order valence-electron chi connectivity index (χ4n) is 4.56. The summed E-state index contributed by atoms with van der Waals surface area (Å²) in [5, 5.41) is 0. The van der Waals surface area contributed by atoms with E-state index in [1.54, 1.807) is 0 Å². The summed E-state index contributed by atoms with van der Waals surface area (Å²) in [4.78, 5) is 29.0. The summed E-state index contributed by atoms with van der Waals surface area (Å²) in [6.45, 7) is 4.00. The molecule has 2 heterocycles. The molecule has 1 aromatic rings. The minimum atomic E-state index is -0.241. The molecule has 3 fully saturated rings. The zero-order chi connectivity index (χ0) is 16.0. The van der Waals surface area contributed by atoms with Gasteiger partial charge in [-0.3, -0.25) is 14.5 Å². The second-order valence-corrected chi connectivity index (χ2v) is 7.38. The molecule has 2 aliphatic heterocycles. The highest BCUT2D eigenvalue weighted by Crippen LogP contribution is 2.38. The van der Waals surface area contributed by atoms with Crippen molar-refractivity contribution >= 4 is 17.5 Å². The summed E-state index contributed by atoms with van der Waals surface area (Å²) in [6, 6.07) is 7.41. The molecule has 3 atom stereocenters. The third kappa shape index (κ3) is 2.59. The molecule has 1 aliphatic carbocycles. The number of aryl methyl sites for hydroxylation is 1. The third-order valence-electron chi connectivity index (χ3n) is 5.86. The summed E-state index contributed by atoms with van der Waals surface area (Å²) >= 11 is 0. The smallest absolute Gasteiger partial charge is 0.251 e. The number of imide groups is 1. The van der Waals surface area contributed by atoms with Gasteiger partial charge in [-0.05, 0) is 43.7 Å². The first-order valence-electron chi connectivity index (χ1n) is 8.81. The van der Waals surface area contributed by atoms with Crippen LogP contribution in [-0.2, 0) is 9.59 Å². The molecule has 3 aliphatic rings. The van der Waals surface area contributed by atoms with Crippen LogP contribution in [0.3, 0.4) is 0 Å². The van der Waals surface area contributed by atoms with Gasteiger partial charge in [0.2, 0.25) is 5.91 Å². The number of rotatable bonds is 2. The van der Waals surface area contributed by atoms with Crippen molar-refractivity contribution in [1.82, 2.24) is 4.90 Å². The van der Waals surface area contributed by atoms with Gasteiger partial charge in [0.1, 0.15) is 0 Å². The Morgan fingerprint density at radius 1 is 0.957 bits per heavy atom. The average molecular weight is 312 g/mol. The quantitative estimate of drug-likeness (QED) is 0.789. The Morgan fingerprint density at radius 2 is 1.57 bits per heavy atom. The van der Waals surface area contributed by atoms with E-state index >= 15 is 0 Å². The van der Waals surface area contributed by atoms with Gasteiger partial charge in [-0.25, -0.2) is 4.90 Å². The number of fused-ring (bicyclic) bond motifs is 1. The predicted molar refractivity (Wildman–Crippen MR) is 89.1 cm³/mol. The summed E-state index contributed by atoms with van der Waals surface area (Å²) in [5.74, 6) is 1.39. The molecule has 4 rings (SSSR count). The standard InChI is InChI=1S/C19H24N2O2/c1-13-6-8-16(9-7-13)21-18(22)10-17(19(21)23)20-11-14-4-2-3-5-15(14)12-20/h6-9,14-15,17H,2-5,10-12H2,1H3/t14-,15-,17+/m1/s1. The fourth-order valence-corrected chi connectivity index (χ4v) is 4.56. The molecule has 0 spiro atoms. The highest BCUT2D eigenvalue weighted by molar-refractivity contribution is 6.22. The highest BCUT2D eigenvalue weighted by atomic mass is 16.2. The summed E-state index contributed by atoms with van der Waals surface area (Å²) in [7, 11) is 0. The van der Waals surface area contributed by atoms with Crippen molar-refractivity contribution in [3.05, 3.63) is 29.8 Å². The van der Waals surface area contributed by atoms with Crippen LogP contribution in [0.4, 0.5) is 5.69 Å². The maximum absolute atomic E-state index is 12.9. The van der Waals surface area contributed by atoms with Crippen molar-refractivity contribution in [2.45, 2.75) is 45.1 Å². The molecule has 23 heavy (non-hydrogen) atoms. The van der Waals surface area contributed by atoms with Gasteiger partial charge in [0.05, 0.1) is 18.2 Å². The number of hydrogen-bond acceptors (Lipinski definition) is 3. The van der Waals surface area contributed by atoms with E-state index in [1.165, 1.54) is 30.6 Å². The second-order valence-electron chi connectivity index (χ2n) is 7.38. The van der Waals surface area contributed by atoms with Gasteiger partial charge in [0.25, 0.3) is 5.91 Å². The van der Waals surface area contributed by atoms with Crippen LogP contribution >= 0.6 is 0 Å². The summed E-state index contributed by atoms with van der Waals surface area (Å²) in [6.07, 6.45) is 5.56. The van der Waals surface area contributed by atoms with Crippen LogP contribution in [0, 0.1) is 18.8 Å². The Morgan fingerprint density at radius 3 is 2.17 bits per heavy atom. The number of carbonyl (C=O) groups is 2. The molecule has 4 nitrogen and oxygen atoms in total. The minimum absolute atomic E-state index is 0.0301. The van der Waals surface area contributed by atoms with Gasteiger partial charge >= 0.3 is 0 Å².